The predicted molar refractivity (Wildman–Crippen MR) is 95.7 cm³/mol. The summed E-state index contributed by atoms with van der Waals surface area (Å²) in [6.45, 7) is 7.25. The Balaban J connectivity index is 1.58. The van der Waals surface area contributed by atoms with E-state index in [1.54, 1.807) is 0 Å². The number of benzene rings is 1. The molecular formula is C20H21N3O2. The highest BCUT2D eigenvalue weighted by atomic mass is 16.3. The molecule has 25 heavy (non-hydrogen) atoms. The van der Waals surface area contributed by atoms with Gasteiger partial charge in [-0.1, -0.05) is 18.2 Å². The van der Waals surface area contributed by atoms with Crippen molar-refractivity contribution in [1.82, 2.24) is 14.9 Å². The summed E-state index contributed by atoms with van der Waals surface area (Å²) >= 11 is 0. The first kappa shape index (κ1) is 15.8. The van der Waals surface area contributed by atoms with E-state index in [0.717, 1.165) is 40.2 Å². The standard InChI is InChI=1S/C20H21N3O2/c1-12-10-13(2)22-19(21-12)15-8-9-23(11-15)20(24)18-14(3)16-6-4-5-7-17(16)25-18/h4-7,10,15H,8-9,11H2,1-3H3. The third-order valence-corrected chi connectivity index (χ3v) is 4.88. The number of hydrogen-bond acceptors (Lipinski definition) is 4. The van der Waals surface area contributed by atoms with Gasteiger partial charge in [0.25, 0.3) is 5.91 Å². The summed E-state index contributed by atoms with van der Waals surface area (Å²) < 4.78 is 5.83. The monoisotopic (exact) mass is 335 g/mol. The Morgan fingerprint density at radius 3 is 2.60 bits per heavy atom. The lowest BCUT2D eigenvalue weighted by Crippen LogP contribution is -2.28. The van der Waals surface area contributed by atoms with Crippen molar-refractivity contribution in [2.75, 3.05) is 13.1 Å². The molecule has 0 spiro atoms. The number of para-hydroxylation sites is 1. The molecule has 1 saturated heterocycles. The molecule has 0 saturated carbocycles. The van der Waals surface area contributed by atoms with Gasteiger partial charge in [0.05, 0.1) is 0 Å². The minimum Gasteiger partial charge on any atom is -0.451 e. The number of amides is 1. The fourth-order valence-electron chi connectivity index (χ4n) is 3.61. The third kappa shape index (κ3) is 2.80. The number of rotatable bonds is 2. The second-order valence-electron chi connectivity index (χ2n) is 6.80. The number of likely N-dealkylation sites (tertiary alicyclic amines) is 1. The Morgan fingerprint density at radius 2 is 1.88 bits per heavy atom. The fraction of sp³-hybridized carbons (Fsp3) is 0.350. The molecule has 1 amide bonds. The van der Waals surface area contributed by atoms with Gasteiger partial charge in [-0.2, -0.15) is 0 Å². The van der Waals surface area contributed by atoms with Crippen molar-refractivity contribution in [1.29, 1.82) is 0 Å². The second kappa shape index (κ2) is 5.99. The summed E-state index contributed by atoms with van der Waals surface area (Å²) in [5, 5.41) is 0.999. The van der Waals surface area contributed by atoms with Crippen LogP contribution in [0.25, 0.3) is 11.0 Å². The molecule has 1 atom stereocenters. The lowest BCUT2D eigenvalue weighted by Gasteiger charge is -2.15. The topological polar surface area (TPSA) is 59.2 Å². The summed E-state index contributed by atoms with van der Waals surface area (Å²) in [4.78, 5) is 23.9. The minimum absolute atomic E-state index is 0.0411. The quantitative estimate of drug-likeness (QED) is 0.715. The normalized spacial score (nSPS) is 17.4. The van der Waals surface area contributed by atoms with Crippen molar-refractivity contribution in [2.45, 2.75) is 33.1 Å². The molecule has 1 fully saturated rings. The summed E-state index contributed by atoms with van der Waals surface area (Å²) in [5.74, 6) is 1.44. The lowest BCUT2D eigenvalue weighted by molar-refractivity contribution is 0.0760. The van der Waals surface area contributed by atoms with E-state index in [1.165, 1.54) is 0 Å². The smallest absolute Gasteiger partial charge is 0.289 e. The molecule has 1 aromatic carbocycles. The number of carbonyl (C=O) groups is 1. The molecule has 0 N–H and O–H groups in total. The number of nitrogens with zero attached hydrogens (tertiary/aromatic N) is 3. The fourth-order valence-corrected chi connectivity index (χ4v) is 3.61. The van der Waals surface area contributed by atoms with Gasteiger partial charge in [-0.05, 0) is 39.3 Å². The van der Waals surface area contributed by atoms with Gasteiger partial charge in [-0.15, -0.1) is 0 Å². The van der Waals surface area contributed by atoms with Crippen molar-refractivity contribution in [2.24, 2.45) is 0 Å². The summed E-state index contributed by atoms with van der Waals surface area (Å²) in [6.07, 6.45) is 0.883. The molecule has 4 rings (SSSR count). The lowest BCUT2D eigenvalue weighted by atomic mass is 10.1. The van der Waals surface area contributed by atoms with Crippen LogP contribution in [0.3, 0.4) is 0 Å². The van der Waals surface area contributed by atoms with Crippen molar-refractivity contribution in [3.63, 3.8) is 0 Å². The van der Waals surface area contributed by atoms with Crippen LogP contribution in [-0.4, -0.2) is 33.9 Å². The highest BCUT2D eigenvalue weighted by molar-refractivity contribution is 5.99. The molecule has 3 aromatic rings. The maximum atomic E-state index is 12.9. The molecular weight excluding hydrogens is 314 g/mol. The first-order valence-corrected chi connectivity index (χ1v) is 8.62. The molecule has 5 heteroatoms. The van der Waals surface area contributed by atoms with Crippen LogP contribution < -0.4 is 0 Å². The molecule has 0 radical (unpaired) electrons. The van der Waals surface area contributed by atoms with Crippen LogP contribution in [-0.2, 0) is 0 Å². The first-order valence-electron chi connectivity index (χ1n) is 8.62. The summed E-state index contributed by atoms with van der Waals surface area (Å²) in [5.41, 5.74) is 3.62. The Bertz CT molecular complexity index is 940. The number of hydrogen-bond donors (Lipinski definition) is 0. The maximum absolute atomic E-state index is 12.9. The van der Waals surface area contributed by atoms with Crippen molar-refractivity contribution >= 4 is 16.9 Å². The van der Waals surface area contributed by atoms with Crippen LogP contribution in [0.1, 0.15) is 45.7 Å². The molecule has 128 valence electrons. The van der Waals surface area contributed by atoms with E-state index < -0.39 is 0 Å². The van der Waals surface area contributed by atoms with Gasteiger partial charge in [0, 0.05) is 41.3 Å². The highest BCUT2D eigenvalue weighted by Crippen LogP contribution is 2.30. The second-order valence-corrected chi connectivity index (χ2v) is 6.80. The number of fused-ring (bicyclic) bond motifs is 1. The van der Waals surface area contributed by atoms with E-state index in [4.69, 9.17) is 4.42 Å². The van der Waals surface area contributed by atoms with Gasteiger partial charge < -0.3 is 9.32 Å². The van der Waals surface area contributed by atoms with Gasteiger partial charge in [0.2, 0.25) is 0 Å². The molecule has 1 aliphatic rings. The summed E-state index contributed by atoms with van der Waals surface area (Å²) in [7, 11) is 0. The molecule has 2 aromatic heterocycles. The van der Waals surface area contributed by atoms with Crippen molar-refractivity contribution in [3.8, 4) is 0 Å². The van der Waals surface area contributed by atoms with Crippen LogP contribution in [0.5, 0.6) is 0 Å². The molecule has 3 heterocycles. The SMILES string of the molecule is Cc1cc(C)nc(C2CCN(C(=O)c3oc4ccccc4c3C)C2)n1. The Hall–Kier alpha value is -2.69. The van der Waals surface area contributed by atoms with Crippen LogP contribution in [0, 0.1) is 20.8 Å². The van der Waals surface area contributed by atoms with Crippen LogP contribution in [0.2, 0.25) is 0 Å². The maximum Gasteiger partial charge on any atom is 0.289 e. The largest absolute Gasteiger partial charge is 0.451 e. The van der Waals surface area contributed by atoms with Crippen LogP contribution >= 0.6 is 0 Å². The van der Waals surface area contributed by atoms with E-state index in [9.17, 15) is 4.79 Å². The molecule has 5 nitrogen and oxygen atoms in total. The van der Waals surface area contributed by atoms with Crippen molar-refractivity contribution in [3.05, 3.63) is 58.9 Å². The van der Waals surface area contributed by atoms with E-state index in [1.807, 2.05) is 56.0 Å². The predicted octanol–water partition coefficient (Wildman–Crippen LogP) is 3.78. The van der Waals surface area contributed by atoms with E-state index in [-0.39, 0.29) is 11.8 Å². The zero-order valence-electron chi connectivity index (χ0n) is 14.7. The Kier molecular flexibility index (Phi) is 3.79. The van der Waals surface area contributed by atoms with E-state index in [2.05, 4.69) is 9.97 Å². The molecule has 0 aliphatic carbocycles. The number of aryl methyl sites for hydroxylation is 3. The van der Waals surface area contributed by atoms with Gasteiger partial charge >= 0.3 is 0 Å². The van der Waals surface area contributed by atoms with E-state index >= 15 is 0 Å². The third-order valence-electron chi connectivity index (χ3n) is 4.88. The minimum atomic E-state index is -0.0411. The van der Waals surface area contributed by atoms with Crippen molar-refractivity contribution < 1.29 is 9.21 Å². The zero-order chi connectivity index (χ0) is 17.6. The van der Waals surface area contributed by atoms with Crippen LogP contribution in [0.15, 0.2) is 34.7 Å². The summed E-state index contributed by atoms with van der Waals surface area (Å²) in [6, 6.07) is 9.74. The molecule has 1 aliphatic heterocycles. The van der Waals surface area contributed by atoms with Gasteiger partial charge in [0.1, 0.15) is 11.4 Å². The zero-order valence-corrected chi connectivity index (χ0v) is 14.7. The number of aromatic nitrogens is 2. The molecule has 0 bridgehead atoms. The highest BCUT2D eigenvalue weighted by Gasteiger charge is 2.32. The molecule has 1 unspecified atom stereocenters. The van der Waals surface area contributed by atoms with E-state index in [0.29, 0.717) is 18.8 Å². The number of carbonyl (C=O) groups excluding carboxylic acids is 1. The average molecular weight is 335 g/mol. The average Bonchev–Trinajstić information content (AvgIpc) is 3.19. The van der Waals surface area contributed by atoms with Gasteiger partial charge in [-0.25, -0.2) is 9.97 Å². The van der Waals surface area contributed by atoms with Gasteiger partial charge in [-0.3, -0.25) is 4.79 Å². The first-order chi connectivity index (χ1) is 12.0. The number of furan rings is 1. The van der Waals surface area contributed by atoms with Crippen LogP contribution in [0.4, 0.5) is 0 Å². The Labute approximate surface area is 146 Å². The Morgan fingerprint density at radius 1 is 1.16 bits per heavy atom. The van der Waals surface area contributed by atoms with Gasteiger partial charge in [0.15, 0.2) is 5.76 Å².